The maximum Gasteiger partial charge on any atom is 0.308 e. The van der Waals surface area contributed by atoms with Crippen LogP contribution in [0.2, 0.25) is 0 Å². The SMILES string of the molecule is COc1ccc(Br)cc1-c1ncc(CC(=O)O)s1. The van der Waals surface area contributed by atoms with Crippen LogP contribution in [0.25, 0.3) is 10.6 Å². The van der Waals surface area contributed by atoms with E-state index in [1.54, 1.807) is 13.3 Å². The number of carboxylic acids is 1. The highest BCUT2D eigenvalue weighted by molar-refractivity contribution is 9.10. The first-order valence-corrected chi connectivity index (χ1v) is 6.71. The summed E-state index contributed by atoms with van der Waals surface area (Å²) >= 11 is 4.76. The van der Waals surface area contributed by atoms with Gasteiger partial charge in [0, 0.05) is 15.5 Å². The molecular weight excluding hydrogens is 318 g/mol. The highest BCUT2D eigenvalue weighted by Crippen LogP contribution is 2.35. The average Bonchev–Trinajstić information content (AvgIpc) is 2.76. The molecule has 0 aliphatic carbocycles. The number of halogens is 1. The van der Waals surface area contributed by atoms with Gasteiger partial charge in [-0.1, -0.05) is 15.9 Å². The Hall–Kier alpha value is -1.40. The third-order valence-corrected chi connectivity index (χ3v) is 3.79. The van der Waals surface area contributed by atoms with Crippen LogP contribution in [0.3, 0.4) is 0 Å². The fourth-order valence-corrected chi connectivity index (χ4v) is 2.80. The second kappa shape index (κ2) is 5.49. The summed E-state index contributed by atoms with van der Waals surface area (Å²) in [5.41, 5.74) is 0.855. The second-order valence-corrected chi connectivity index (χ2v) is 5.58. The topological polar surface area (TPSA) is 59.4 Å². The van der Waals surface area contributed by atoms with E-state index in [9.17, 15) is 4.79 Å². The zero-order valence-electron chi connectivity index (χ0n) is 9.51. The Bertz CT molecular complexity index is 582. The van der Waals surface area contributed by atoms with Crippen LogP contribution in [-0.2, 0) is 11.2 Å². The number of benzene rings is 1. The zero-order valence-corrected chi connectivity index (χ0v) is 11.9. The van der Waals surface area contributed by atoms with Crippen molar-refractivity contribution in [2.45, 2.75) is 6.42 Å². The van der Waals surface area contributed by atoms with Gasteiger partial charge in [-0.2, -0.15) is 0 Å². The molecule has 0 unspecified atom stereocenters. The minimum Gasteiger partial charge on any atom is -0.496 e. The minimum absolute atomic E-state index is 0.00597. The van der Waals surface area contributed by atoms with Crippen LogP contribution in [0.5, 0.6) is 5.75 Å². The Balaban J connectivity index is 2.38. The predicted molar refractivity (Wildman–Crippen MR) is 73.1 cm³/mol. The van der Waals surface area contributed by atoms with E-state index in [2.05, 4.69) is 20.9 Å². The molecule has 0 radical (unpaired) electrons. The van der Waals surface area contributed by atoms with E-state index in [4.69, 9.17) is 9.84 Å². The van der Waals surface area contributed by atoms with Crippen LogP contribution in [0.1, 0.15) is 4.88 Å². The molecule has 0 amide bonds. The molecule has 2 rings (SSSR count). The Morgan fingerprint density at radius 1 is 1.56 bits per heavy atom. The van der Waals surface area contributed by atoms with Crippen molar-refractivity contribution in [1.82, 2.24) is 4.98 Å². The lowest BCUT2D eigenvalue weighted by Gasteiger charge is -2.05. The number of ether oxygens (including phenoxy) is 1. The normalized spacial score (nSPS) is 10.3. The number of carbonyl (C=O) groups is 1. The van der Waals surface area contributed by atoms with Crippen LogP contribution >= 0.6 is 27.3 Å². The molecule has 0 saturated heterocycles. The van der Waals surface area contributed by atoms with Gasteiger partial charge in [0.25, 0.3) is 0 Å². The number of aliphatic carboxylic acids is 1. The smallest absolute Gasteiger partial charge is 0.308 e. The Kier molecular flexibility index (Phi) is 3.98. The molecule has 4 nitrogen and oxygen atoms in total. The van der Waals surface area contributed by atoms with Crippen LogP contribution in [-0.4, -0.2) is 23.2 Å². The molecule has 18 heavy (non-hydrogen) atoms. The first kappa shape index (κ1) is 13.0. The van der Waals surface area contributed by atoms with E-state index >= 15 is 0 Å². The van der Waals surface area contributed by atoms with Gasteiger partial charge in [-0.15, -0.1) is 11.3 Å². The zero-order chi connectivity index (χ0) is 13.1. The summed E-state index contributed by atoms with van der Waals surface area (Å²) in [6, 6.07) is 5.63. The van der Waals surface area contributed by atoms with Crippen molar-refractivity contribution in [3.8, 4) is 16.3 Å². The van der Waals surface area contributed by atoms with Crippen molar-refractivity contribution in [3.63, 3.8) is 0 Å². The minimum atomic E-state index is -0.855. The van der Waals surface area contributed by atoms with Gasteiger partial charge in [-0.05, 0) is 18.2 Å². The molecule has 0 spiro atoms. The Morgan fingerprint density at radius 3 is 3.00 bits per heavy atom. The summed E-state index contributed by atoms with van der Waals surface area (Å²) in [5.74, 6) is -0.138. The average molecular weight is 328 g/mol. The number of hydrogen-bond donors (Lipinski definition) is 1. The van der Waals surface area contributed by atoms with E-state index in [1.165, 1.54) is 11.3 Å². The molecule has 0 aliphatic heterocycles. The van der Waals surface area contributed by atoms with Crippen molar-refractivity contribution in [1.29, 1.82) is 0 Å². The molecule has 0 aliphatic rings. The third kappa shape index (κ3) is 2.88. The van der Waals surface area contributed by atoms with Gasteiger partial charge in [0.15, 0.2) is 0 Å². The van der Waals surface area contributed by atoms with Crippen LogP contribution in [0.15, 0.2) is 28.9 Å². The second-order valence-electron chi connectivity index (χ2n) is 3.55. The molecule has 1 N–H and O–H groups in total. The van der Waals surface area contributed by atoms with Gasteiger partial charge in [-0.3, -0.25) is 4.79 Å². The molecule has 0 saturated carbocycles. The van der Waals surface area contributed by atoms with Crippen molar-refractivity contribution < 1.29 is 14.6 Å². The lowest BCUT2D eigenvalue weighted by molar-refractivity contribution is -0.136. The van der Waals surface area contributed by atoms with Gasteiger partial charge in [0.05, 0.1) is 19.1 Å². The maximum absolute atomic E-state index is 10.6. The van der Waals surface area contributed by atoms with E-state index < -0.39 is 5.97 Å². The van der Waals surface area contributed by atoms with Gasteiger partial charge in [0.2, 0.25) is 0 Å². The number of hydrogen-bond acceptors (Lipinski definition) is 4. The lowest BCUT2D eigenvalue weighted by Crippen LogP contribution is -1.97. The lowest BCUT2D eigenvalue weighted by atomic mass is 10.2. The fourth-order valence-electron chi connectivity index (χ4n) is 1.51. The number of aromatic nitrogens is 1. The quantitative estimate of drug-likeness (QED) is 0.936. The van der Waals surface area contributed by atoms with Crippen LogP contribution < -0.4 is 4.74 Å². The number of methoxy groups -OCH3 is 1. The molecule has 94 valence electrons. The molecule has 1 aromatic heterocycles. The molecule has 2 aromatic rings. The number of nitrogens with zero attached hydrogens (tertiary/aromatic N) is 1. The number of rotatable bonds is 4. The molecule has 1 heterocycles. The standard InChI is InChI=1S/C12H10BrNO3S/c1-17-10-3-2-7(13)4-9(10)12-14-6-8(18-12)5-11(15)16/h2-4,6H,5H2,1H3,(H,15,16). The van der Waals surface area contributed by atoms with E-state index in [0.29, 0.717) is 0 Å². The third-order valence-electron chi connectivity index (χ3n) is 2.27. The molecule has 6 heteroatoms. The van der Waals surface area contributed by atoms with E-state index in [1.807, 2.05) is 18.2 Å². The molecular formula is C12H10BrNO3S. The van der Waals surface area contributed by atoms with Crippen LogP contribution in [0.4, 0.5) is 0 Å². The number of thiazole rings is 1. The Morgan fingerprint density at radius 2 is 2.33 bits per heavy atom. The highest BCUT2D eigenvalue weighted by Gasteiger charge is 2.12. The van der Waals surface area contributed by atoms with E-state index in [-0.39, 0.29) is 6.42 Å². The molecule has 0 fully saturated rings. The fraction of sp³-hybridized carbons (Fsp3) is 0.167. The molecule has 0 atom stereocenters. The summed E-state index contributed by atoms with van der Waals surface area (Å²) in [7, 11) is 1.60. The summed E-state index contributed by atoms with van der Waals surface area (Å²) < 4.78 is 6.20. The van der Waals surface area contributed by atoms with Crippen molar-refractivity contribution >= 4 is 33.2 Å². The monoisotopic (exact) mass is 327 g/mol. The summed E-state index contributed by atoms with van der Waals surface area (Å²) in [4.78, 5) is 15.6. The van der Waals surface area contributed by atoms with Gasteiger partial charge in [-0.25, -0.2) is 4.98 Å². The molecule has 1 aromatic carbocycles. The summed E-state index contributed by atoms with van der Waals surface area (Å²) in [6.45, 7) is 0. The Labute approximate surface area is 116 Å². The van der Waals surface area contributed by atoms with Gasteiger partial charge in [0.1, 0.15) is 10.8 Å². The highest BCUT2D eigenvalue weighted by atomic mass is 79.9. The largest absolute Gasteiger partial charge is 0.496 e. The first-order valence-electron chi connectivity index (χ1n) is 5.10. The van der Waals surface area contributed by atoms with Crippen LogP contribution in [0, 0.1) is 0 Å². The van der Waals surface area contributed by atoms with Gasteiger partial charge < -0.3 is 9.84 Å². The van der Waals surface area contributed by atoms with Crippen molar-refractivity contribution in [2.24, 2.45) is 0 Å². The van der Waals surface area contributed by atoms with E-state index in [0.717, 1.165) is 25.7 Å². The summed E-state index contributed by atoms with van der Waals surface area (Å²) in [6.07, 6.45) is 1.59. The first-order chi connectivity index (χ1) is 8.60. The van der Waals surface area contributed by atoms with Gasteiger partial charge >= 0.3 is 5.97 Å². The molecule has 0 bridgehead atoms. The number of carboxylic acid groups (broad SMARTS) is 1. The summed E-state index contributed by atoms with van der Waals surface area (Å²) in [5, 5.41) is 9.49. The predicted octanol–water partition coefficient (Wildman–Crippen LogP) is 3.21. The maximum atomic E-state index is 10.6. The van der Waals surface area contributed by atoms with Crippen molar-refractivity contribution in [2.75, 3.05) is 7.11 Å². The van der Waals surface area contributed by atoms with Crippen molar-refractivity contribution in [3.05, 3.63) is 33.7 Å².